The van der Waals surface area contributed by atoms with Crippen molar-refractivity contribution in [2.45, 2.75) is 19.8 Å². The lowest BCUT2D eigenvalue weighted by Crippen LogP contribution is -2.26. The highest BCUT2D eigenvalue weighted by atomic mass is 16.5. The van der Waals surface area contributed by atoms with Crippen molar-refractivity contribution in [2.24, 2.45) is 0 Å². The third-order valence-electron chi connectivity index (χ3n) is 3.79. The number of likely N-dealkylation sites (tertiary alicyclic amines) is 1. The minimum atomic E-state index is -0.283. The van der Waals surface area contributed by atoms with Crippen molar-refractivity contribution in [1.29, 1.82) is 0 Å². The molecule has 116 valence electrons. The zero-order valence-electron chi connectivity index (χ0n) is 12.7. The largest absolute Gasteiger partial charge is 0.463 e. The number of carbonyl (C=O) groups excluding carboxylic acids is 1. The fraction of sp³-hybridized carbons (Fsp3) is 0.438. The molecule has 2 heterocycles. The molecule has 0 atom stereocenters. The third-order valence-corrected chi connectivity index (χ3v) is 3.79. The van der Waals surface area contributed by atoms with Gasteiger partial charge in [-0.25, -0.2) is 9.48 Å². The van der Waals surface area contributed by atoms with E-state index in [9.17, 15) is 4.79 Å². The van der Waals surface area contributed by atoms with Crippen molar-refractivity contribution in [3.05, 3.63) is 29.8 Å². The summed E-state index contributed by atoms with van der Waals surface area (Å²) in [5, 5.41) is 8.23. The molecule has 1 saturated heterocycles. The summed E-state index contributed by atoms with van der Waals surface area (Å²) in [7, 11) is 0. The summed E-state index contributed by atoms with van der Waals surface area (Å²) in [4.78, 5) is 14.5. The molecule has 0 N–H and O–H groups in total. The number of fused-ring (bicyclic) bond motifs is 1. The third kappa shape index (κ3) is 3.17. The maximum Gasteiger partial charge on any atom is 0.336 e. The Morgan fingerprint density at radius 1 is 1.32 bits per heavy atom. The maximum absolute atomic E-state index is 12.2. The average Bonchev–Trinajstić information content (AvgIpc) is 3.17. The molecule has 0 aliphatic carbocycles. The molecular weight excluding hydrogens is 280 g/mol. The summed E-state index contributed by atoms with van der Waals surface area (Å²) in [6.45, 7) is 4.82. The molecule has 3 rings (SSSR count). The fourth-order valence-electron chi connectivity index (χ4n) is 2.69. The van der Waals surface area contributed by atoms with Crippen LogP contribution in [0.15, 0.2) is 29.8 Å². The van der Waals surface area contributed by atoms with E-state index in [1.807, 2.05) is 31.2 Å². The van der Waals surface area contributed by atoms with Crippen LogP contribution in [0.4, 0.5) is 0 Å². The lowest BCUT2D eigenvalue weighted by molar-refractivity contribution is -0.138. The van der Waals surface area contributed by atoms with Crippen LogP contribution >= 0.6 is 0 Å². The summed E-state index contributed by atoms with van der Waals surface area (Å²) >= 11 is 0. The van der Waals surface area contributed by atoms with Crippen LogP contribution in [0.2, 0.25) is 0 Å². The van der Waals surface area contributed by atoms with Crippen LogP contribution in [0.25, 0.3) is 17.2 Å². The standard InChI is InChI=1S/C16H20N4O2/c1-2-22-16(21)13(11-19-9-5-6-10-19)12-20-15-8-4-3-7-14(15)17-18-20/h3-4,7-8,12H,2,5-6,9-11H2,1H3/b13-12+. The molecule has 0 spiro atoms. The van der Waals surface area contributed by atoms with E-state index in [1.165, 1.54) is 12.8 Å². The van der Waals surface area contributed by atoms with E-state index in [2.05, 4.69) is 15.2 Å². The molecule has 0 radical (unpaired) electrons. The molecule has 1 fully saturated rings. The summed E-state index contributed by atoms with van der Waals surface area (Å²) in [6, 6.07) is 7.68. The number of hydrogen-bond acceptors (Lipinski definition) is 5. The molecule has 0 bridgehead atoms. The molecule has 6 nitrogen and oxygen atoms in total. The quantitative estimate of drug-likeness (QED) is 0.624. The van der Waals surface area contributed by atoms with Gasteiger partial charge in [0.25, 0.3) is 0 Å². The first kappa shape index (κ1) is 14.7. The number of nitrogens with zero attached hydrogens (tertiary/aromatic N) is 4. The van der Waals surface area contributed by atoms with E-state index in [0.29, 0.717) is 18.7 Å². The van der Waals surface area contributed by atoms with Gasteiger partial charge in [-0.05, 0) is 45.0 Å². The lowest BCUT2D eigenvalue weighted by Gasteiger charge is -2.16. The zero-order valence-corrected chi connectivity index (χ0v) is 12.7. The molecule has 0 amide bonds. The Balaban J connectivity index is 1.90. The highest BCUT2D eigenvalue weighted by molar-refractivity contribution is 5.93. The molecule has 1 aromatic heterocycles. The molecule has 0 unspecified atom stereocenters. The molecule has 6 heteroatoms. The molecule has 0 saturated carbocycles. The van der Waals surface area contributed by atoms with Crippen molar-refractivity contribution in [3.63, 3.8) is 0 Å². The first-order valence-electron chi connectivity index (χ1n) is 7.68. The van der Waals surface area contributed by atoms with E-state index < -0.39 is 0 Å². The second kappa shape index (κ2) is 6.70. The van der Waals surface area contributed by atoms with E-state index in [0.717, 1.165) is 24.1 Å². The average molecular weight is 300 g/mol. The van der Waals surface area contributed by atoms with Gasteiger partial charge in [0.2, 0.25) is 0 Å². The summed E-state index contributed by atoms with van der Waals surface area (Å²) < 4.78 is 6.83. The van der Waals surface area contributed by atoms with Crippen molar-refractivity contribution in [2.75, 3.05) is 26.2 Å². The van der Waals surface area contributed by atoms with Crippen molar-refractivity contribution < 1.29 is 9.53 Å². The predicted octanol–water partition coefficient (Wildman–Crippen LogP) is 1.93. The van der Waals surface area contributed by atoms with Gasteiger partial charge in [0.05, 0.1) is 17.7 Å². The van der Waals surface area contributed by atoms with E-state index in [4.69, 9.17) is 4.74 Å². The van der Waals surface area contributed by atoms with Gasteiger partial charge in [0.15, 0.2) is 0 Å². The molecule has 1 aromatic carbocycles. The van der Waals surface area contributed by atoms with Crippen molar-refractivity contribution >= 4 is 23.2 Å². The predicted molar refractivity (Wildman–Crippen MR) is 84.1 cm³/mol. The van der Waals surface area contributed by atoms with Gasteiger partial charge in [0, 0.05) is 12.7 Å². The van der Waals surface area contributed by atoms with Crippen LogP contribution < -0.4 is 0 Å². The summed E-state index contributed by atoms with van der Waals surface area (Å²) in [6.07, 6.45) is 4.11. The second-order valence-electron chi connectivity index (χ2n) is 5.38. The topological polar surface area (TPSA) is 60.3 Å². The Morgan fingerprint density at radius 3 is 2.86 bits per heavy atom. The van der Waals surface area contributed by atoms with E-state index >= 15 is 0 Å². The Morgan fingerprint density at radius 2 is 2.09 bits per heavy atom. The molecular formula is C16H20N4O2. The fourth-order valence-corrected chi connectivity index (χ4v) is 2.69. The Bertz CT molecular complexity index is 686. The van der Waals surface area contributed by atoms with Gasteiger partial charge in [-0.1, -0.05) is 17.3 Å². The number of para-hydroxylation sites is 1. The number of hydrogen-bond donors (Lipinski definition) is 0. The molecule has 1 aliphatic rings. The Kier molecular flexibility index (Phi) is 4.48. The van der Waals surface area contributed by atoms with Gasteiger partial charge >= 0.3 is 5.97 Å². The number of carbonyl (C=O) groups is 1. The Labute approximate surface area is 129 Å². The molecule has 22 heavy (non-hydrogen) atoms. The number of rotatable bonds is 5. The minimum Gasteiger partial charge on any atom is -0.463 e. The van der Waals surface area contributed by atoms with Crippen LogP contribution in [-0.2, 0) is 9.53 Å². The SMILES string of the molecule is CCOC(=O)/C(=C/n1nnc2ccccc21)CN1CCCC1. The smallest absolute Gasteiger partial charge is 0.336 e. The van der Waals surface area contributed by atoms with Gasteiger partial charge in [-0.2, -0.15) is 0 Å². The molecule has 1 aliphatic heterocycles. The highest BCUT2D eigenvalue weighted by Crippen LogP contribution is 2.15. The number of esters is 1. The minimum absolute atomic E-state index is 0.283. The number of benzene rings is 1. The van der Waals surface area contributed by atoms with E-state index in [1.54, 1.807) is 10.9 Å². The van der Waals surface area contributed by atoms with Crippen molar-refractivity contribution in [1.82, 2.24) is 19.9 Å². The van der Waals surface area contributed by atoms with Crippen LogP contribution in [0, 0.1) is 0 Å². The highest BCUT2D eigenvalue weighted by Gasteiger charge is 2.19. The number of aromatic nitrogens is 3. The van der Waals surface area contributed by atoms with Crippen LogP contribution in [-0.4, -0.2) is 52.1 Å². The van der Waals surface area contributed by atoms with Crippen molar-refractivity contribution in [3.8, 4) is 0 Å². The van der Waals surface area contributed by atoms with Crippen LogP contribution in [0.1, 0.15) is 19.8 Å². The normalized spacial score (nSPS) is 16.3. The maximum atomic E-state index is 12.2. The zero-order chi connectivity index (χ0) is 15.4. The van der Waals surface area contributed by atoms with Gasteiger partial charge in [-0.15, -0.1) is 5.10 Å². The van der Waals surface area contributed by atoms with Gasteiger partial charge < -0.3 is 4.74 Å². The van der Waals surface area contributed by atoms with Crippen LogP contribution in [0.3, 0.4) is 0 Å². The summed E-state index contributed by atoms with van der Waals surface area (Å²) in [5.41, 5.74) is 2.30. The van der Waals surface area contributed by atoms with E-state index in [-0.39, 0.29) is 5.97 Å². The van der Waals surface area contributed by atoms with Gasteiger partial charge in [0.1, 0.15) is 5.52 Å². The summed E-state index contributed by atoms with van der Waals surface area (Å²) in [5.74, 6) is -0.283. The molecule has 2 aromatic rings. The Hall–Kier alpha value is -2.21. The monoisotopic (exact) mass is 300 g/mol. The number of ether oxygens (including phenoxy) is 1. The lowest BCUT2D eigenvalue weighted by atomic mass is 10.2. The first-order valence-corrected chi connectivity index (χ1v) is 7.68. The van der Waals surface area contributed by atoms with Gasteiger partial charge in [-0.3, -0.25) is 4.90 Å². The van der Waals surface area contributed by atoms with Crippen LogP contribution in [0.5, 0.6) is 0 Å². The second-order valence-corrected chi connectivity index (χ2v) is 5.38. The first-order chi connectivity index (χ1) is 10.8.